The first-order valence-electron chi connectivity index (χ1n) is 6.44. The molecule has 2 rings (SSSR count). The van der Waals surface area contributed by atoms with E-state index in [1.165, 1.54) is 22.6 Å². The maximum atomic E-state index is 13.0. The van der Waals surface area contributed by atoms with Gasteiger partial charge >= 0.3 is 0 Å². The van der Waals surface area contributed by atoms with Crippen molar-refractivity contribution < 1.29 is 4.39 Å². The lowest BCUT2D eigenvalue weighted by Crippen LogP contribution is -2.11. The molecule has 0 amide bonds. The van der Waals surface area contributed by atoms with E-state index in [1.54, 1.807) is 11.8 Å². The van der Waals surface area contributed by atoms with E-state index in [9.17, 15) is 4.39 Å². The minimum atomic E-state index is -0.213. The summed E-state index contributed by atoms with van der Waals surface area (Å²) in [6.07, 6.45) is 0. The topological polar surface area (TPSA) is 12.0 Å². The number of nitrogens with one attached hydrogen (secondary N) is 1. The van der Waals surface area contributed by atoms with E-state index in [4.69, 9.17) is 0 Å². The molecule has 0 heterocycles. The van der Waals surface area contributed by atoms with E-state index in [2.05, 4.69) is 52.4 Å². The molecule has 2 aromatic carbocycles. The SMILES string of the molecule is CNC(C)c1cccc(SCc2ccc(F)cc2Br)c1. The third-order valence-electron chi connectivity index (χ3n) is 3.20. The number of halogens is 2. The summed E-state index contributed by atoms with van der Waals surface area (Å²) < 4.78 is 13.9. The molecule has 1 unspecified atom stereocenters. The van der Waals surface area contributed by atoms with Crippen molar-refractivity contribution in [2.24, 2.45) is 0 Å². The van der Waals surface area contributed by atoms with Crippen molar-refractivity contribution in [3.63, 3.8) is 0 Å². The van der Waals surface area contributed by atoms with Gasteiger partial charge in [-0.1, -0.05) is 34.1 Å². The van der Waals surface area contributed by atoms with Crippen LogP contribution in [0.1, 0.15) is 24.1 Å². The monoisotopic (exact) mass is 353 g/mol. The van der Waals surface area contributed by atoms with E-state index in [-0.39, 0.29) is 5.82 Å². The second-order valence-corrected chi connectivity index (χ2v) is 6.51. The Balaban J connectivity index is 2.07. The molecule has 0 aliphatic heterocycles. The molecule has 0 aliphatic carbocycles. The molecule has 106 valence electrons. The second-order valence-electron chi connectivity index (χ2n) is 4.61. The quantitative estimate of drug-likeness (QED) is 0.745. The Morgan fingerprint density at radius 3 is 2.75 bits per heavy atom. The molecule has 4 heteroatoms. The van der Waals surface area contributed by atoms with Gasteiger partial charge in [-0.25, -0.2) is 4.39 Å². The fraction of sp³-hybridized carbons (Fsp3) is 0.250. The second kappa shape index (κ2) is 7.25. The predicted octanol–water partition coefficient (Wildman–Crippen LogP) is 5.16. The zero-order chi connectivity index (χ0) is 14.5. The summed E-state index contributed by atoms with van der Waals surface area (Å²) in [6, 6.07) is 13.7. The lowest BCUT2D eigenvalue weighted by atomic mass is 10.1. The fourth-order valence-electron chi connectivity index (χ4n) is 1.84. The molecule has 0 spiro atoms. The lowest BCUT2D eigenvalue weighted by Gasteiger charge is -2.12. The maximum Gasteiger partial charge on any atom is 0.124 e. The van der Waals surface area contributed by atoms with Gasteiger partial charge in [-0.05, 0) is 49.4 Å². The van der Waals surface area contributed by atoms with E-state index in [0.29, 0.717) is 6.04 Å². The number of benzene rings is 2. The molecule has 1 nitrogen and oxygen atoms in total. The minimum Gasteiger partial charge on any atom is -0.313 e. The third-order valence-corrected chi connectivity index (χ3v) is 4.98. The van der Waals surface area contributed by atoms with Crippen LogP contribution in [0.4, 0.5) is 4.39 Å². The Morgan fingerprint density at radius 1 is 1.25 bits per heavy atom. The zero-order valence-corrected chi connectivity index (χ0v) is 13.9. The van der Waals surface area contributed by atoms with Crippen LogP contribution in [-0.4, -0.2) is 7.05 Å². The smallest absolute Gasteiger partial charge is 0.124 e. The molecule has 2 aromatic rings. The van der Waals surface area contributed by atoms with Gasteiger partial charge in [0.15, 0.2) is 0 Å². The van der Waals surface area contributed by atoms with Crippen molar-refractivity contribution in [2.75, 3.05) is 7.05 Å². The van der Waals surface area contributed by atoms with Crippen molar-refractivity contribution in [1.82, 2.24) is 5.32 Å². The number of hydrogen-bond acceptors (Lipinski definition) is 2. The van der Waals surface area contributed by atoms with E-state index in [0.717, 1.165) is 15.8 Å². The standard InChI is InChI=1S/C16H17BrFNS/c1-11(19-2)12-4-3-5-15(8-12)20-10-13-6-7-14(18)9-16(13)17/h3-9,11,19H,10H2,1-2H3. The van der Waals surface area contributed by atoms with Crippen LogP contribution in [0.15, 0.2) is 51.8 Å². The largest absolute Gasteiger partial charge is 0.313 e. The predicted molar refractivity (Wildman–Crippen MR) is 87.6 cm³/mol. The van der Waals surface area contributed by atoms with Crippen molar-refractivity contribution in [1.29, 1.82) is 0 Å². The van der Waals surface area contributed by atoms with Crippen LogP contribution in [0, 0.1) is 5.82 Å². The zero-order valence-electron chi connectivity index (χ0n) is 11.5. The molecule has 0 bridgehead atoms. The summed E-state index contributed by atoms with van der Waals surface area (Å²) in [6.45, 7) is 2.14. The highest BCUT2D eigenvalue weighted by molar-refractivity contribution is 9.10. The highest BCUT2D eigenvalue weighted by Crippen LogP contribution is 2.28. The summed E-state index contributed by atoms with van der Waals surface area (Å²) in [7, 11) is 1.96. The van der Waals surface area contributed by atoms with Gasteiger partial charge < -0.3 is 5.32 Å². The van der Waals surface area contributed by atoms with Gasteiger partial charge in [-0.2, -0.15) is 0 Å². The number of rotatable bonds is 5. The minimum absolute atomic E-state index is 0.213. The van der Waals surface area contributed by atoms with Crippen molar-refractivity contribution in [2.45, 2.75) is 23.6 Å². The maximum absolute atomic E-state index is 13.0. The normalized spacial score (nSPS) is 12.4. The molecule has 0 radical (unpaired) electrons. The molecule has 0 saturated heterocycles. The van der Waals surface area contributed by atoms with Crippen LogP contribution < -0.4 is 5.32 Å². The summed E-state index contributed by atoms with van der Waals surface area (Å²) in [5.41, 5.74) is 2.37. The highest BCUT2D eigenvalue weighted by Gasteiger charge is 2.05. The Morgan fingerprint density at radius 2 is 2.05 bits per heavy atom. The average molecular weight is 354 g/mol. The van der Waals surface area contributed by atoms with Crippen LogP contribution in [0.3, 0.4) is 0 Å². The summed E-state index contributed by atoms with van der Waals surface area (Å²) >= 11 is 5.16. The van der Waals surface area contributed by atoms with Crippen LogP contribution in [0.2, 0.25) is 0 Å². The van der Waals surface area contributed by atoms with Gasteiger partial charge in [0, 0.05) is 21.2 Å². The number of thioether (sulfide) groups is 1. The fourth-order valence-corrected chi connectivity index (χ4v) is 3.48. The molecule has 0 aromatic heterocycles. The first-order chi connectivity index (χ1) is 9.60. The third kappa shape index (κ3) is 4.08. The van der Waals surface area contributed by atoms with Crippen molar-refractivity contribution >= 4 is 27.7 Å². The molecule has 1 N–H and O–H groups in total. The van der Waals surface area contributed by atoms with Crippen LogP contribution >= 0.6 is 27.7 Å². The van der Waals surface area contributed by atoms with E-state index in [1.807, 2.05) is 13.1 Å². The highest BCUT2D eigenvalue weighted by atomic mass is 79.9. The van der Waals surface area contributed by atoms with Crippen LogP contribution in [0.5, 0.6) is 0 Å². The van der Waals surface area contributed by atoms with E-state index >= 15 is 0 Å². The van der Waals surface area contributed by atoms with Gasteiger partial charge in [0.2, 0.25) is 0 Å². The molecule has 0 aliphatic rings. The first kappa shape index (κ1) is 15.5. The number of hydrogen-bond donors (Lipinski definition) is 1. The van der Waals surface area contributed by atoms with Gasteiger partial charge in [0.1, 0.15) is 5.82 Å². The lowest BCUT2D eigenvalue weighted by molar-refractivity contribution is 0.626. The first-order valence-corrected chi connectivity index (χ1v) is 8.22. The summed E-state index contributed by atoms with van der Waals surface area (Å²) in [5.74, 6) is 0.605. The van der Waals surface area contributed by atoms with Crippen molar-refractivity contribution in [3.8, 4) is 0 Å². The Labute approximate surface area is 132 Å². The molecule has 1 atom stereocenters. The average Bonchev–Trinajstić information content (AvgIpc) is 2.46. The van der Waals surface area contributed by atoms with Gasteiger partial charge in [-0.3, -0.25) is 0 Å². The summed E-state index contributed by atoms with van der Waals surface area (Å²) in [5, 5.41) is 3.24. The Hall–Kier alpha value is -0.840. The van der Waals surface area contributed by atoms with Crippen molar-refractivity contribution in [3.05, 3.63) is 63.9 Å². The molecular formula is C16H17BrFNS. The van der Waals surface area contributed by atoms with Gasteiger partial charge in [0.25, 0.3) is 0 Å². The molecule has 0 saturated carbocycles. The molecule has 0 fully saturated rings. The van der Waals surface area contributed by atoms with E-state index < -0.39 is 0 Å². The molecular weight excluding hydrogens is 337 g/mol. The Kier molecular flexibility index (Phi) is 5.64. The summed E-state index contributed by atoms with van der Waals surface area (Å²) in [4.78, 5) is 1.22. The Bertz CT molecular complexity index is 588. The van der Waals surface area contributed by atoms with Crippen LogP contribution in [-0.2, 0) is 5.75 Å². The van der Waals surface area contributed by atoms with Gasteiger partial charge in [0.05, 0.1) is 0 Å². The molecule has 20 heavy (non-hydrogen) atoms. The van der Waals surface area contributed by atoms with Gasteiger partial charge in [-0.15, -0.1) is 11.8 Å². The van der Waals surface area contributed by atoms with Crippen LogP contribution in [0.25, 0.3) is 0 Å².